The third kappa shape index (κ3) is 3.01. The highest BCUT2D eigenvalue weighted by atomic mass is 16.5. The molecule has 1 amide bonds. The van der Waals surface area contributed by atoms with Crippen molar-refractivity contribution in [3.05, 3.63) is 77.4 Å². The van der Waals surface area contributed by atoms with Gasteiger partial charge in [0, 0.05) is 21.9 Å². The van der Waals surface area contributed by atoms with Gasteiger partial charge in [-0.25, -0.2) is 0 Å². The Morgan fingerprint density at radius 2 is 1.93 bits per heavy atom. The quantitative estimate of drug-likeness (QED) is 0.534. The molecule has 0 aliphatic carbocycles. The fourth-order valence-corrected chi connectivity index (χ4v) is 3.78. The molecule has 1 radical (unpaired) electrons. The Bertz CT molecular complexity index is 1170. The Morgan fingerprint density at radius 3 is 2.68 bits per heavy atom. The number of para-hydroxylation sites is 1. The summed E-state index contributed by atoms with van der Waals surface area (Å²) in [5.74, 6) is 0.453. The Morgan fingerprint density at radius 1 is 1.11 bits per heavy atom. The molecule has 141 valence electrons. The fraction of sp³-hybridized carbons (Fsp3) is 0.208. The molecule has 0 bridgehead atoms. The predicted octanol–water partition coefficient (Wildman–Crippen LogP) is 4.70. The van der Waals surface area contributed by atoms with E-state index in [1.54, 1.807) is 6.07 Å². The van der Waals surface area contributed by atoms with Crippen LogP contribution in [-0.4, -0.2) is 17.1 Å². The molecular weight excluding hydrogens is 348 g/mol. The molecule has 2 N–H and O–H groups in total. The van der Waals surface area contributed by atoms with Gasteiger partial charge in [0.25, 0.3) is 0 Å². The van der Waals surface area contributed by atoms with Crippen LogP contribution < -0.4 is 10.5 Å². The number of carbonyl (C=O) groups excluding carboxylic acids is 1. The number of amides is 1. The average molecular weight is 371 g/mol. The first-order valence-corrected chi connectivity index (χ1v) is 9.60. The van der Waals surface area contributed by atoms with E-state index in [-0.39, 0.29) is 0 Å². The number of aromatic nitrogens is 1. The zero-order valence-electron chi connectivity index (χ0n) is 16.2. The molecule has 0 aliphatic heterocycles. The molecule has 0 aliphatic rings. The van der Waals surface area contributed by atoms with Crippen molar-refractivity contribution in [3.8, 4) is 5.75 Å². The number of aryl methyl sites for hydroxylation is 1. The molecule has 0 saturated carbocycles. The monoisotopic (exact) mass is 371 g/mol. The van der Waals surface area contributed by atoms with Crippen molar-refractivity contribution in [2.24, 2.45) is 5.73 Å². The van der Waals surface area contributed by atoms with E-state index in [1.807, 2.05) is 43.3 Å². The van der Waals surface area contributed by atoms with E-state index in [1.165, 1.54) is 5.56 Å². The number of fused-ring (bicyclic) bond motifs is 3. The van der Waals surface area contributed by atoms with E-state index in [9.17, 15) is 4.79 Å². The lowest BCUT2D eigenvalue weighted by molar-refractivity contribution is 0.100. The van der Waals surface area contributed by atoms with E-state index < -0.39 is 5.91 Å². The molecule has 3 aromatic carbocycles. The van der Waals surface area contributed by atoms with E-state index in [0.29, 0.717) is 18.7 Å². The average Bonchev–Trinajstić information content (AvgIpc) is 3.02. The maximum Gasteiger partial charge on any atom is 0.249 e. The number of benzene rings is 3. The van der Waals surface area contributed by atoms with Crippen LogP contribution >= 0.6 is 0 Å². The highest BCUT2D eigenvalue weighted by Crippen LogP contribution is 2.33. The van der Waals surface area contributed by atoms with Gasteiger partial charge in [0.1, 0.15) is 5.75 Å². The van der Waals surface area contributed by atoms with Crippen molar-refractivity contribution in [1.29, 1.82) is 0 Å². The number of rotatable bonds is 6. The molecule has 28 heavy (non-hydrogen) atoms. The molecule has 0 fully saturated rings. The van der Waals surface area contributed by atoms with E-state index in [4.69, 9.17) is 10.5 Å². The number of nitrogens with zero attached hydrogens (tertiary/aromatic N) is 1. The van der Waals surface area contributed by atoms with E-state index in [0.717, 1.165) is 39.5 Å². The summed E-state index contributed by atoms with van der Waals surface area (Å²) >= 11 is 0. The second kappa shape index (κ2) is 7.39. The number of nitrogens with two attached hydrogens (primary N) is 1. The molecule has 1 heterocycles. The lowest BCUT2D eigenvalue weighted by Crippen LogP contribution is -2.11. The van der Waals surface area contributed by atoms with Crippen LogP contribution in [0, 0.1) is 6.07 Å². The predicted molar refractivity (Wildman–Crippen MR) is 113 cm³/mol. The zero-order valence-corrected chi connectivity index (χ0v) is 16.2. The summed E-state index contributed by atoms with van der Waals surface area (Å²) in [7, 11) is 0. The van der Waals surface area contributed by atoms with Crippen LogP contribution in [0.4, 0.5) is 0 Å². The third-order valence-electron chi connectivity index (χ3n) is 5.13. The lowest BCUT2D eigenvalue weighted by atomic mass is 10.0. The van der Waals surface area contributed by atoms with Gasteiger partial charge in [-0.15, -0.1) is 0 Å². The topological polar surface area (TPSA) is 57.2 Å². The molecule has 1 aromatic heterocycles. The van der Waals surface area contributed by atoms with Crippen molar-refractivity contribution in [2.75, 3.05) is 6.61 Å². The SMILES string of the molecule is CCOc1ccccc1Cn1c2cc(CC)c[c]c2c2c(C(N)=O)cccc21. The minimum atomic E-state index is -0.424. The largest absolute Gasteiger partial charge is 0.494 e. The van der Waals surface area contributed by atoms with Gasteiger partial charge in [-0.1, -0.05) is 37.3 Å². The maximum absolute atomic E-state index is 12.1. The summed E-state index contributed by atoms with van der Waals surface area (Å²) in [5, 5.41) is 1.79. The maximum atomic E-state index is 12.1. The van der Waals surface area contributed by atoms with Crippen molar-refractivity contribution >= 4 is 27.7 Å². The summed E-state index contributed by atoms with van der Waals surface area (Å²) in [6, 6.07) is 21.3. The summed E-state index contributed by atoms with van der Waals surface area (Å²) in [6.45, 7) is 5.36. The molecule has 4 aromatic rings. The Kier molecular flexibility index (Phi) is 4.78. The molecule has 0 spiro atoms. The van der Waals surface area contributed by atoms with E-state index >= 15 is 0 Å². The van der Waals surface area contributed by atoms with Crippen LogP contribution in [0.15, 0.2) is 54.6 Å². The number of carbonyl (C=O) groups is 1. The first-order valence-electron chi connectivity index (χ1n) is 9.60. The van der Waals surface area contributed by atoms with Crippen molar-refractivity contribution in [1.82, 2.24) is 4.57 Å². The Labute approximate surface area is 164 Å². The number of hydrogen-bond acceptors (Lipinski definition) is 2. The zero-order chi connectivity index (χ0) is 19.7. The van der Waals surface area contributed by atoms with Crippen LogP contribution in [0.5, 0.6) is 5.75 Å². The van der Waals surface area contributed by atoms with Crippen LogP contribution in [0.25, 0.3) is 21.8 Å². The summed E-state index contributed by atoms with van der Waals surface area (Å²) in [5.41, 5.74) is 10.5. The van der Waals surface area contributed by atoms with E-state index in [2.05, 4.69) is 29.7 Å². The molecule has 4 nitrogen and oxygen atoms in total. The third-order valence-corrected chi connectivity index (χ3v) is 5.13. The van der Waals surface area contributed by atoms with Gasteiger partial charge in [-0.3, -0.25) is 4.79 Å². The molecular formula is C24H23N2O2. The number of ether oxygens (including phenoxy) is 1. The van der Waals surface area contributed by atoms with Gasteiger partial charge in [0.05, 0.1) is 24.2 Å². The molecule has 0 atom stereocenters. The Hall–Kier alpha value is -3.27. The van der Waals surface area contributed by atoms with Gasteiger partial charge in [-0.05, 0) is 49.2 Å². The standard InChI is InChI=1S/C24H23N2O2/c1-3-16-12-13-18-21(14-16)26(15-17-8-5-6-11-22(17)28-4-2)20-10-7-9-19(23(18)20)24(25)27/h5-12,14H,3-4,15H2,1-2H3,(H2,25,27). The van der Waals surface area contributed by atoms with Crippen molar-refractivity contribution in [3.63, 3.8) is 0 Å². The van der Waals surface area contributed by atoms with Crippen molar-refractivity contribution < 1.29 is 9.53 Å². The fourth-order valence-electron chi connectivity index (χ4n) is 3.78. The van der Waals surface area contributed by atoms with Crippen LogP contribution in [-0.2, 0) is 13.0 Å². The molecule has 4 heteroatoms. The second-order valence-electron chi connectivity index (χ2n) is 6.81. The number of primary amides is 1. The van der Waals surface area contributed by atoms with Crippen LogP contribution in [0.2, 0.25) is 0 Å². The minimum Gasteiger partial charge on any atom is -0.494 e. The van der Waals surface area contributed by atoms with Gasteiger partial charge in [-0.2, -0.15) is 0 Å². The summed E-state index contributed by atoms with van der Waals surface area (Å²) < 4.78 is 8.05. The number of hydrogen-bond donors (Lipinski definition) is 1. The smallest absolute Gasteiger partial charge is 0.249 e. The normalized spacial score (nSPS) is 11.2. The highest BCUT2D eigenvalue weighted by molar-refractivity contribution is 6.17. The Balaban J connectivity index is 2.01. The van der Waals surface area contributed by atoms with Crippen molar-refractivity contribution in [2.45, 2.75) is 26.8 Å². The molecule has 0 unspecified atom stereocenters. The molecule has 4 rings (SSSR count). The lowest BCUT2D eigenvalue weighted by Gasteiger charge is -2.13. The van der Waals surface area contributed by atoms with Gasteiger partial charge in [0.15, 0.2) is 0 Å². The first kappa shape index (κ1) is 18.1. The first-order chi connectivity index (χ1) is 13.6. The minimum absolute atomic E-state index is 0.424. The van der Waals surface area contributed by atoms with Gasteiger partial charge >= 0.3 is 0 Å². The van der Waals surface area contributed by atoms with Gasteiger partial charge in [0.2, 0.25) is 5.91 Å². The van der Waals surface area contributed by atoms with Crippen LogP contribution in [0.1, 0.15) is 35.3 Å². The summed E-state index contributed by atoms with van der Waals surface area (Å²) in [4.78, 5) is 12.1. The summed E-state index contributed by atoms with van der Waals surface area (Å²) in [6.07, 6.45) is 0.923. The second-order valence-corrected chi connectivity index (χ2v) is 6.81. The molecule has 0 saturated heterocycles. The van der Waals surface area contributed by atoms with Crippen LogP contribution in [0.3, 0.4) is 0 Å². The van der Waals surface area contributed by atoms with Gasteiger partial charge < -0.3 is 15.0 Å². The highest BCUT2D eigenvalue weighted by Gasteiger charge is 2.17.